The molecule has 4 aromatic rings. The van der Waals surface area contributed by atoms with E-state index < -0.39 is 0 Å². The molecule has 1 saturated heterocycles. The molecular formula is C31H22Cl3IN2O3S. The number of rotatable bonds is 8. The number of carbonyl (C=O) groups is 1. The van der Waals surface area contributed by atoms with E-state index in [2.05, 4.69) is 22.6 Å². The molecule has 1 amide bonds. The minimum atomic E-state index is -0.197. The highest BCUT2D eigenvalue weighted by Crippen LogP contribution is 2.40. The van der Waals surface area contributed by atoms with E-state index in [9.17, 15) is 4.79 Å². The number of anilines is 1. The molecule has 10 heteroatoms. The maximum absolute atomic E-state index is 13.7. The van der Waals surface area contributed by atoms with Crippen molar-refractivity contribution in [3.8, 4) is 11.5 Å². The molecule has 0 atom stereocenters. The van der Waals surface area contributed by atoms with Gasteiger partial charge in [-0.15, -0.1) is 0 Å². The Balaban J connectivity index is 1.49. The molecular weight excluding hydrogens is 714 g/mol. The smallest absolute Gasteiger partial charge is 0.271 e. The first-order valence-corrected chi connectivity index (χ1v) is 15.5. The Morgan fingerprint density at radius 2 is 1.61 bits per heavy atom. The summed E-state index contributed by atoms with van der Waals surface area (Å²) in [5.74, 6) is 1.00. The fraction of sp³-hybridized carbons (Fsp3) is 0.0968. The maximum Gasteiger partial charge on any atom is 0.271 e. The second-order valence-electron chi connectivity index (χ2n) is 8.74. The average Bonchev–Trinajstić information content (AvgIpc) is 3.25. The number of amidine groups is 1. The normalized spacial score (nSPS) is 15.1. The maximum atomic E-state index is 13.7. The van der Waals surface area contributed by atoms with Gasteiger partial charge in [-0.05, 0) is 120 Å². The minimum Gasteiger partial charge on any atom is -0.490 e. The van der Waals surface area contributed by atoms with Crippen LogP contribution in [-0.2, 0) is 11.4 Å². The van der Waals surface area contributed by atoms with E-state index >= 15 is 0 Å². The molecule has 1 fully saturated rings. The number of hydrogen-bond donors (Lipinski definition) is 0. The Labute approximate surface area is 271 Å². The number of thioether (sulfide) groups is 1. The molecule has 1 heterocycles. The summed E-state index contributed by atoms with van der Waals surface area (Å²) in [5, 5.41) is 2.35. The van der Waals surface area contributed by atoms with Crippen LogP contribution in [0.2, 0.25) is 15.1 Å². The molecule has 1 aliphatic rings. The summed E-state index contributed by atoms with van der Waals surface area (Å²) >= 11 is 22.0. The minimum absolute atomic E-state index is 0.197. The molecule has 0 bridgehead atoms. The molecule has 5 rings (SSSR count). The molecule has 0 unspecified atom stereocenters. The fourth-order valence-electron chi connectivity index (χ4n) is 3.98. The molecule has 0 N–H and O–H groups in total. The summed E-state index contributed by atoms with van der Waals surface area (Å²) in [5.41, 5.74) is 3.01. The third-order valence-corrected chi connectivity index (χ3v) is 8.54. The first-order valence-electron chi connectivity index (χ1n) is 12.5. The topological polar surface area (TPSA) is 51.1 Å². The highest BCUT2D eigenvalue weighted by Gasteiger charge is 2.35. The van der Waals surface area contributed by atoms with Gasteiger partial charge in [0.15, 0.2) is 16.7 Å². The van der Waals surface area contributed by atoms with Gasteiger partial charge in [-0.25, -0.2) is 4.99 Å². The van der Waals surface area contributed by atoms with Crippen LogP contribution in [0.3, 0.4) is 0 Å². The van der Waals surface area contributed by atoms with Gasteiger partial charge >= 0.3 is 0 Å². The van der Waals surface area contributed by atoms with Crippen LogP contribution in [0.1, 0.15) is 18.1 Å². The van der Waals surface area contributed by atoms with Crippen LogP contribution in [-0.4, -0.2) is 17.7 Å². The number of halogens is 4. The standard InChI is InChI=1S/C31H22Cl3IN2O3S/c1-2-39-27-16-19(15-26(35)29(27)40-18-20-5-3-4-6-25(20)34)17-28-30(38)37(24-13-9-22(33)10-14-24)31(41-28)36-23-11-7-21(32)8-12-23/h3-17H,2,18H2,1H3/b28-17-,36-31?. The zero-order valence-electron chi connectivity index (χ0n) is 21.6. The van der Waals surface area contributed by atoms with Crippen LogP contribution in [0, 0.1) is 3.57 Å². The second-order valence-corrected chi connectivity index (χ2v) is 12.2. The Hall–Kier alpha value is -2.69. The summed E-state index contributed by atoms with van der Waals surface area (Å²) in [6.45, 7) is 2.66. The van der Waals surface area contributed by atoms with E-state index in [1.54, 1.807) is 53.4 Å². The Bertz CT molecular complexity index is 1640. The van der Waals surface area contributed by atoms with Crippen molar-refractivity contribution in [3.05, 3.63) is 120 Å². The zero-order chi connectivity index (χ0) is 28.9. The third kappa shape index (κ3) is 7.21. The predicted molar refractivity (Wildman–Crippen MR) is 179 cm³/mol. The summed E-state index contributed by atoms with van der Waals surface area (Å²) in [4.78, 5) is 20.6. The summed E-state index contributed by atoms with van der Waals surface area (Å²) in [7, 11) is 0. The van der Waals surface area contributed by atoms with Crippen molar-refractivity contribution >= 4 is 97.7 Å². The average molecular weight is 736 g/mol. The van der Waals surface area contributed by atoms with Crippen molar-refractivity contribution in [2.75, 3.05) is 11.5 Å². The Morgan fingerprint density at radius 3 is 2.29 bits per heavy atom. The van der Waals surface area contributed by atoms with Crippen LogP contribution < -0.4 is 14.4 Å². The van der Waals surface area contributed by atoms with E-state index in [1.807, 2.05) is 49.4 Å². The number of hydrogen-bond acceptors (Lipinski definition) is 5. The van der Waals surface area contributed by atoms with E-state index in [-0.39, 0.29) is 5.91 Å². The lowest BCUT2D eigenvalue weighted by Crippen LogP contribution is -2.28. The molecule has 5 nitrogen and oxygen atoms in total. The van der Waals surface area contributed by atoms with E-state index in [0.717, 1.165) is 14.7 Å². The number of nitrogens with zero attached hydrogens (tertiary/aromatic N) is 2. The van der Waals surface area contributed by atoms with Crippen molar-refractivity contribution in [3.63, 3.8) is 0 Å². The lowest BCUT2D eigenvalue weighted by atomic mass is 10.1. The van der Waals surface area contributed by atoms with Crippen LogP contribution in [0.25, 0.3) is 6.08 Å². The molecule has 41 heavy (non-hydrogen) atoms. The summed E-state index contributed by atoms with van der Waals surface area (Å²) in [6, 6.07) is 25.6. The molecule has 0 saturated carbocycles. The first-order chi connectivity index (χ1) is 19.8. The lowest BCUT2D eigenvalue weighted by molar-refractivity contribution is -0.113. The molecule has 0 spiro atoms. The van der Waals surface area contributed by atoms with Gasteiger partial charge < -0.3 is 9.47 Å². The van der Waals surface area contributed by atoms with Gasteiger partial charge in [-0.3, -0.25) is 9.69 Å². The summed E-state index contributed by atoms with van der Waals surface area (Å²) in [6.07, 6.45) is 1.84. The SMILES string of the molecule is CCOc1cc(/C=C2\SC(=Nc3ccc(Cl)cc3)N(c3ccc(Cl)cc3)C2=O)cc(I)c1OCc1ccccc1Cl. The Kier molecular flexibility index (Phi) is 9.83. The van der Waals surface area contributed by atoms with Crippen molar-refractivity contribution < 1.29 is 14.3 Å². The largest absolute Gasteiger partial charge is 0.490 e. The predicted octanol–water partition coefficient (Wildman–Crippen LogP) is 10.0. The quantitative estimate of drug-likeness (QED) is 0.134. The molecule has 0 aromatic heterocycles. The molecule has 208 valence electrons. The molecule has 1 aliphatic heterocycles. The highest BCUT2D eigenvalue weighted by molar-refractivity contribution is 14.1. The van der Waals surface area contributed by atoms with Crippen molar-refractivity contribution in [2.24, 2.45) is 4.99 Å². The van der Waals surface area contributed by atoms with Crippen LogP contribution in [0.15, 0.2) is 94.8 Å². The number of carbonyl (C=O) groups excluding carboxylic acids is 1. The van der Waals surface area contributed by atoms with E-state index in [0.29, 0.717) is 61.2 Å². The highest BCUT2D eigenvalue weighted by atomic mass is 127. The first kappa shape index (κ1) is 29.8. The van der Waals surface area contributed by atoms with Gasteiger partial charge in [0.2, 0.25) is 0 Å². The van der Waals surface area contributed by atoms with E-state index in [1.165, 1.54) is 11.8 Å². The number of amides is 1. The van der Waals surface area contributed by atoms with Gasteiger partial charge in [-0.2, -0.15) is 0 Å². The van der Waals surface area contributed by atoms with Gasteiger partial charge in [0.1, 0.15) is 6.61 Å². The summed E-state index contributed by atoms with van der Waals surface area (Å²) < 4.78 is 12.9. The fourth-order valence-corrected chi connectivity index (χ4v) is 6.21. The monoisotopic (exact) mass is 734 g/mol. The molecule has 0 aliphatic carbocycles. The van der Waals surface area contributed by atoms with Crippen LogP contribution in [0.4, 0.5) is 11.4 Å². The van der Waals surface area contributed by atoms with Crippen LogP contribution in [0.5, 0.6) is 11.5 Å². The number of ether oxygens (including phenoxy) is 2. The Morgan fingerprint density at radius 1 is 0.927 bits per heavy atom. The van der Waals surface area contributed by atoms with Crippen LogP contribution >= 0.6 is 69.2 Å². The third-order valence-electron chi connectivity index (χ3n) is 5.90. The molecule has 4 aromatic carbocycles. The van der Waals surface area contributed by atoms with Crippen molar-refractivity contribution in [2.45, 2.75) is 13.5 Å². The van der Waals surface area contributed by atoms with Crippen molar-refractivity contribution in [1.29, 1.82) is 0 Å². The lowest BCUT2D eigenvalue weighted by Gasteiger charge is -2.16. The van der Waals surface area contributed by atoms with Gasteiger partial charge in [0.05, 0.1) is 26.5 Å². The number of benzene rings is 4. The molecule has 0 radical (unpaired) electrons. The van der Waals surface area contributed by atoms with Gasteiger partial charge in [0, 0.05) is 20.6 Å². The zero-order valence-corrected chi connectivity index (χ0v) is 26.9. The van der Waals surface area contributed by atoms with Gasteiger partial charge in [-0.1, -0.05) is 53.0 Å². The van der Waals surface area contributed by atoms with E-state index in [4.69, 9.17) is 49.3 Å². The number of aliphatic imine (C=N–C) groups is 1. The second kappa shape index (κ2) is 13.5. The van der Waals surface area contributed by atoms with Crippen molar-refractivity contribution in [1.82, 2.24) is 0 Å². The van der Waals surface area contributed by atoms with Gasteiger partial charge in [0.25, 0.3) is 5.91 Å².